The van der Waals surface area contributed by atoms with Gasteiger partial charge in [-0.1, -0.05) is 23.7 Å². The molecule has 1 aromatic rings. The van der Waals surface area contributed by atoms with Crippen LogP contribution < -0.4 is 5.32 Å². The third-order valence-electron chi connectivity index (χ3n) is 3.89. The molecule has 0 bridgehead atoms. The number of carbonyl (C=O) groups excluding carboxylic acids is 2. The number of nitrogens with one attached hydrogen (secondary N) is 1. The number of ether oxygens (including phenoxy) is 1. The number of halogens is 1. The Hall–Kier alpha value is -1.75. The van der Waals surface area contributed by atoms with Crippen LogP contribution in [0.15, 0.2) is 24.3 Å². The zero-order valence-electron chi connectivity index (χ0n) is 14.6. The highest BCUT2D eigenvalue weighted by molar-refractivity contribution is 6.30. The quantitative estimate of drug-likeness (QED) is 0.897. The van der Waals surface area contributed by atoms with E-state index in [0.29, 0.717) is 18.0 Å². The Balaban J connectivity index is 2.01. The summed E-state index contributed by atoms with van der Waals surface area (Å²) in [5, 5.41) is 3.60. The van der Waals surface area contributed by atoms with E-state index in [1.54, 1.807) is 6.07 Å². The zero-order valence-corrected chi connectivity index (χ0v) is 15.4. The molecule has 0 radical (unpaired) electrons. The molecule has 1 N–H and O–H groups in total. The Kier molecular flexibility index (Phi) is 5.75. The fraction of sp³-hybridized carbons (Fsp3) is 0.556. The number of likely N-dealkylation sites (tertiary alicyclic amines) is 1. The summed E-state index contributed by atoms with van der Waals surface area (Å²) < 4.78 is 5.40. The molecule has 1 aliphatic heterocycles. The van der Waals surface area contributed by atoms with Crippen molar-refractivity contribution < 1.29 is 14.3 Å². The first-order valence-corrected chi connectivity index (χ1v) is 8.60. The van der Waals surface area contributed by atoms with Crippen molar-refractivity contribution >= 4 is 23.6 Å². The Morgan fingerprint density at radius 2 is 2.08 bits per heavy atom. The van der Waals surface area contributed by atoms with E-state index in [0.717, 1.165) is 12.0 Å². The van der Waals surface area contributed by atoms with Gasteiger partial charge >= 0.3 is 6.09 Å². The van der Waals surface area contributed by atoms with Crippen molar-refractivity contribution in [3.8, 4) is 0 Å². The predicted molar refractivity (Wildman–Crippen MR) is 94.0 cm³/mol. The standard InChI is InChI=1S/C18H25ClN2O3/c1-12(13-7-5-8-14(19)11-13)20-16(22)15-9-6-10-21(15)17(23)24-18(2,3)4/h5,7-8,11-12,15H,6,9-10H2,1-4H3,(H,20,22)/t12-,15+/m1/s1. The van der Waals surface area contributed by atoms with E-state index in [1.165, 1.54) is 4.90 Å². The molecule has 6 heteroatoms. The SMILES string of the molecule is C[C@@H](NC(=O)[C@@H]1CCCN1C(=O)OC(C)(C)C)c1cccc(Cl)c1. The number of amides is 2. The number of hydrogen-bond acceptors (Lipinski definition) is 3. The molecule has 0 aliphatic carbocycles. The number of nitrogens with zero attached hydrogens (tertiary/aromatic N) is 1. The van der Waals surface area contributed by atoms with Crippen molar-refractivity contribution in [2.24, 2.45) is 0 Å². The second kappa shape index (κ2) is 7.43. The largest absolute Gasteiger partial charge is 0.444 e. The minimum Gasteiger partial charge on any atom is -0.444 e. The lowest BCUT2D eigenvalue weighted by Gasteiger charge is -2.28. The molecule has 0 aromatic heterocycles. The van der Waals surface area contributed by atoms with Crippen LogP contribution in [0.4, 0.5) is 4.79 Å². The summed E-state index contributed by atoms with van der Waals surface area (Å²) in [6.07, 6.45) is 1.01. The number of carbonyl (C=O) groups is 2. The average Bonchev–Trinajstić information content (AvgIpc) is 2.95. The van der Waals surface area contributed by atoms with E-state index < -0.39 is 17.7 Å². The van der Waals surface area contributed by atoms with Crippen LogP contribution in [0.2, 0.25) is 5.02 Å². The van der Waals surface area contributed by atoms with E-state index in [9.17, 15) is 9.59 Å². The van der Waals surface area contributed by atoms with Crippen LogP contribution in [0.5, 0.6) is 0 Å². The van der Waals surface area contributed by atoms with E-state index in [4.69, 9.17) is 16.3 Å². The van der Waals surface area contributed by atoms with Gasteiger partial charge < -0.3 is 10.1 Å². The van der Waals surface area contributed by atoms with Crippen LogP contribution in [0.1, 0.15) is 52.1 Å². The average molecular weight is 353 g/mol. The maximum Gasteiger partial charge on any atom is 0.410 e. The summed E-state index contributed by atoms with van der Waals surface area (Å²) >= 11 is 6.00. The Bertz CT molecular complexity index is 613. The Morgan fingerprint density at radius 1 is 1.38 bits per heavy atom. The normalized spacial score (nSPS) is 19.0. The molecule has 132 valence electrons. The lowest BCUT2D eigenvalue weighted by molar-refractivity contribution is -0.126. The fourth-order valence-corrected chi connectivity index (χ4v) is 2.95. The third kappa shape index (κ3) is 4.87. The topological polar surface area (TPSA) is 58.6 Å². The molecule has 2 rings (SSSR count). The zero-order chi connectivity index (χ0) is 17.9. The van der Waals surface area contributed by atoms with E-state index in [2.05, 4.69) is 5.32 Å². The predicted octanol–water partition coefficient (Wildman–Crippen LogP) is 3.92. The molecule has 24 heavy (non-hydrogen) atoms. The van der Waals surface area contributed by atoms with E-state index in [1.807, 2.05) is 45.9 Å². The number of benzene rings is 1. The molecule has 0 unspecified atom stereocenters. The maximum absolute atomic E-state index is 12.6. The molecular formula is C18H25ClN2O3. The highest BCUT2D eigenvalue weighted by Crippen LogP contribution is 2.23. The smallest absolute Gasteiger partial charge is 0.410 e. The van der Waals surface area contributed by atoms with Crippen molar-refractivity contribution in [1.29, 1.82) is 0 Å². The second-order valence-corrected chi connectivity index (χ2v) is 7.55. The summed E-state index contributed by atoms with van der Waals surface area (Å²) in [7, 11) is 0. The maximum atomic E-state index is 12.6. The molecule has 1 saturated heterocycles. The van der Waals surface area contributed by atoms with Crippen LogP contribution in [0, 0.1) is 0 Å². The van der Waals surface area contributed by atoms with Gasteiger partial charge in [0.2, 0.25) is 5.91 Å². The molecule has 1 aromatic carbocycles. The van der Waals surface area contributed by atoms with Crippen molar-refractivity contribution in [2.45, 2.75) is 58.2 Å². The van der Waals surface area contributed by atoms with Gasteiger partial charge in [0, 0.05) is 11.6 Å². The van der Waals surface area contributed by atoms with Crippen LogP contribution in [-0.2, 0) is 9.53 Å². The Morgan fingerprint density at radius 3 is 2.71 bits per heavy atom. The second-order valence-electron chi connectivity index (χ2n) is 7.12. The van der Waals surface area contributed by atoms with Gasteiger partial charge in [-0.2, -0.15) is 0 Å². The van der Waals surface area contributed by atoms with Gasteiger partial charge in [0.25, 0.3) is 0 Å². The summed E-state index contributed by atoms with van der Waals surface area (Å²) in [4.78, 5) is 26.4. The monoisotopic (exact) mass is 352 g/mol. The van der Waals surface area contributed by atoms with Crippen LogP contribution in [0.3, 0.4) is 0 Å². The molecular weight excluding hydrogens is 328 g/mol. The van der Waals surface area contributed by atoms with Crippen molar-refractivity contribution in [3.05, 3.63) is 34.9 Å². The minimum atomic E-state index is -0.575. The van der Waals surface area contributed by atoms with E-state index >= 15 is 0 Å². The molecule has 0 saturated carbocycles. The van der Waals surface area contributed by atoms with Gasteiger partial charge in [0.1, 0.15) is 11.6 Å². The molecule has 2 amide bonds. The van der Waals surface area contributed by atoms with Crippen LogP contribution in [-0.4, -0.2) is 35.1 Å². The first kappa shape index (κ1) is 18.6. The summed E-state index contributed by atoms with van der Waals surface area (Å²) in [6, 6.07) is 6.71. The lowest BCUT2D eigenvalue weighted by atomic mass is 10.1. The molecule has 1 aliphatic rings. The van der Waals surface area contributed by atoms with Gasteiger partial charge in [-0.25, -0.2) is 4.79 Å². The minimum absolute atomic E-state index is 0.161. The highest BCUT2D eigenvalue weighted by Gasteiger charge is 2.36. The molecule has 5 nitrogen and oxygen atoms in total. The number of hydrogen-bond donors (Lipinski definition) is 1. The van der Waals surface area contributed by atoms with Gasteiger partial charge in [-0.05, 0) is 58.2 Å². The van der Waals surface area contributed by atoms with Crippen molar-refractivity contribution in [2.75, 3.05) is 6.54 Å². The van der Waals surface area contributed by atoms with Crippen molar-refractivity contribution in [1.82, 2.24) is 10.2 Å². The molecule has 2 atom stereocenters. The summed E-state index contributed by atoms with van der Waals surface area (Å²) in [5.74, 6) is -0.161. The van der Waals surface area contributed by atoms with Crippen LogP contribution in [0.25, 0.3) is 0 Å². The van der Waals surface area contributed by atoms with Gasteiger partial charge in [-0.3, -0.25) is 9.69 Å². The first-order chi connectivity index (χ1) is 11.2. The van der Waals surface area contributed by atoms with Gasteiger partial charge in [0.15, 0.2) is 0 Å². The summed E-state index contributed by atoms with van der Waals surface area (Å²) in [5.41, 5.74) is 0.354. The molecule has 1 fully saturated rings. The first-order valence-electron chi connectivity index (χ1n) is 8.23. The van der Waals surface area contributed by atoms with Gasteiger partial charge in [0.05, 0.1) is 6.04 Å². The molecule has 1 heterocycles. The Labute approximate surface area is 148 Å². The van der Waals surface area contributed by atoms with Gasteiger partial charge in [-0.15, -0.1) is 0 Å². The van der Waals surface area contributed by atoms with E-state index in [-0.39, 0.29) is 11.9 Å². The third-order valence-corrected chi connectivity index (χ3v) is 4.13. The summed E-state index contributed by atoms with van der Waals surface area (Å²) in [6.45, 7) is 7.89. The highest BCUT2D eigenvalue weighted by atomic mass is 35.5. The van der Waals surface area contributed by atoms with Crippen LogP contribution >= 0.6 is 11.6 Å². The fourth-order valence-electron chi connectivity index (χ4n) is 2.75. The lowest BCUT2D eigenvalue weighted by Crippen LogP contribution is -2.48. The van der Waals surface area contributed by atoms with Crippen molar-refractivity contribution in [3.63, 3.8) is 0 Å². The molecule has 0 spiro atoms. The number of rotatable bonds is 3.